The average molecular weight is 436 g/mol. The molecule has 0 fully saturated rings. The average Bonchev–Trinajstić information content (AvgIpc) is 2.87. The van der Waals surface area contributed by atoms with Gasteiger partial charge in [-0.2, -0.15) is 0 Å². The predicted octanol–water partition coefficient (Wildman–Crippen LogP) is 8.56. The summed E-state index contributed by atoms with van der Waals surface area (Å²) in [6, 6.07) is 31.3. The second-order valence-corrected chi connectivity index (χ2v) is 8.47. The van der Waals surface area contributed by atoms with Crippen LogP contribution in [0.5, 0.6) is 5.75 Å². The fourth-order valence-corrected chi connectivity index (χ4v) is 4.10. The number of para-hydroxylation sites is 2. The Morgan fingerprint density at radius 2 is 1.45 bits per heavy atom. The molecule has 2 heteroatoms. The third-order valence-electron chi connectivity index (χ3n) is 5.92. The van der Waals surface area contributed by atoms with Gasteiger partial charge in [0.25, 0.3) is 0 Å². The predicted molar refractivity (Wildman–Crippen MR) is 140 cm³/mol. The zero-order valence-electron chi connectivity index (χ0n) is 19.5. The Morgan fingerprint density at radius 1 is 0.727 bits per heavy atom. The van der Waals surface area contributed by atoms with Crippen molar-refractivity contribution in [2.24, 2.45) is 0 Å². The number of fused-ring (bicyclic) bond motifs is 1. The van der Waals surface area contributed by atoms with E-state index >= 15 is 0 Å². The molecular formula is C31H33NO. The monoisotopic (exact) mass is 435 g/mol. The Hall–Kier alpha value is -3.39. The fraction of sp³-hybridized carbons (Fsp3) is 0.258. The number of hydrogen-bond donors (Lipinski definition) is 0. The van der Waals surface area contributed by atoms with Crippen LogP contribution < -0.4 is 4.74 Å². The Balaban J connectivity index is 1.63. The third kappa shape index (κ3) is 6.32. The van der Waals surface area contributed by atoms with Crippen LogP contribution in [0.3, 0.4) is 0 Å². The van der Waals surface area contributed by atoms with Crippen molar-refractivity contribution in [1.82, 2.24) is 4.98 Å². The molecule has 1 heterocycles. The van der Waals surface area contributed by atoms with E-state index in [0.717, 1.165) is 52.1 Å². The number of benzene rings is 3. The molecule has 0 aliphatic carbocycles. The van der Waals surface area contributed by atoms with Gasteiger partial charge in [0.2, 0.25) is 0 Å². The van der Waals surface area contributed by atoms with Crippen LogP contribution in [0.4, 0.5) is 0 Å². The maximum Gasteiger partial charge on any atom is 0.127 e. The molecular weight excluding hydrogens is 402 g/mol. The molecule has 0 aliphatic heterocycles. The molecule has 0 radical (unpaired) electrons. The highest BCUT2D eigenvalue weighted by Crippen LogP contribution is 2.33. The summed E-state index contributed by atoms with van der Waals surface area (Å²) in [5, 5.41) is 1.15. The molecule has 2 nitrogen and oxygen atoms in total. The van der Waals surface area contributed by atoms with Crippen molar-refractivity contribution in [2.45, 2.75) is 45.4 Å². The maximum atomic E-state index is 6.30. The lowest BCUT2D eigenvalue weighted by molar-refractivity contribution is 0.303. The van der Waals surface area contributed by atoms with E-state index in [0.29, 0.717) is 0 Å². The van der Waals surface area contributed by atoms with Crippen molar-refractivity contribution in [3.8, 4) is 5.75 Å². The van der Waals surface area contributed by atoms with Gasteiger partial charge < -0.3 is 4.74 Å². The zero-order valence-corrected chi connectivity index (χ0v) is 19.5. The summed E-state index contributed by atoms with van der Waals surface area (Å²) in [6.45, 7) is 3.00. The Morgan fingerprint density at radius 3 is 2.33 bits per heavy atom. The summed E-state index contributed by atoms with van der Waals surface area (Å²) >= 11 is 0. The van der Waals surface area contributed by atoms with Crippen LogP contribution in [-0.4, -0.2) is 11.6 Å². The Bertz CT molecular complexity index is 1180. The van der Waals surface area contributed by atoms with E-state index in [4.69, 9.17) is 9.72 Å². The van der Waals surface area contributed by atoms with E-state index in [9.17, 15) is 0 Å². The van der Waals surface area contributed by atoms with Gasteiger partial charge in [-0.3, -0.25) is 0 Å². The topological polar surface area (TPSA) is 22.1 Å². The normalized spacial score (nSPS) is 11.6. The fourth-order valence-electron chi connectivity index (χ4n) is 4.10. The van der Waals surface area contributed by atoms with E-state index in [-0.39, 0.29) is 0 Å². The molecule has 0 N–H and O–H groups in total. The van der Waals surface area contributed by atoms with Crippen LogP contribution in [0.25, 0.3) is 22.6 Å². The molecule has 0 atom stereocenters. The Labute approximate surface area is 198 Å². The van der Waals surface area contributed by atoms with E-state index < -0.39 is 0 Å². The maximum absolute atomic E-state index is 6.30. The molecule has 33 heavy (non-hydrogen) atoms. The molecule has 168 valence electrons. The molecule has 4 rings (SSSR count). The minimum absolute atomic E-state index is 0.743. The van der Waals surface area contributed by atoms with Gasteiger partial charge in [0.1, 0.15) is 5.75 Å². The highest BCUT2D eigenvalue weighted by atomic mass is 16.5. The van der Waals surface area contributed by atoms with Crippen molar-refractivity contribution < 1.29 is 4.74 Å². The van der Waals surface area contributed by atoms with Crippen molar-refractivity contribution in [2.75, 3.05) is 6.61 Å². The number of nitrogens with zero attached hydrogens (tertiary/aromatic N) is 1. The van der Waals surface area contributed by atoms with Crippen molar-refractivity contribution in [1.29, 1.82) is 0 Å². The number of aromatic nitrogens is 1. The minimum Gasteiger partial charge on any atom is -0.493 e. The van der Waals surface area contributed by atoms with Gasteiger partial charge in [-0.15, -0.1) is 0 Å². The van der Waals surface area contributed by atoms with Crippen LogP contribution in [0.15, 0.2) is 91.0 Å². The van der Waals surface area contributed by atoms with Crippen LogP contribution >= 0.6 is 0 Å². The summed E-state index contributed by atoms with van der Waals surface area (Å²) in [4.78, 5) is 5.00. The number of hydrogen-bond acceptors (Lipinski definition) is 2. The van der Waals surface area contributed by atoms with E-state index in [1.165, 1.54) is 32.1 Å². The molecule has 0 aliphatic rings. The second kappa shape index (κ2) is 12.0. The molecule has 1 aromatic heterocycles. The molecule has 0 saturated heterocycles. The van der Waals surface area contributed by atoms with Crippen molar-refractivity contribution in [3.63, 3.8) is 0 Å². The molecule has 0 saturated carbocycles. The lowest BCUT2D eigenvalue weighted by Gasteiger charge is -2.15. The highest BCUT2D eigenvalue weighted by Gasteiger charge is 2.13. The van der Waals surface area contributed by atoms with Gasteiger partial charge in [0, 0.05) is 16.5 Å². The summed E-state index contributed by atoms with van der Waals surface area (Å²) in [5.41, 5.74) is 5.25. The first-order valence-corrected chi connectivity index (χ1v) is 12.2. The molecule has 4 aromatic rings. The quantitative estimate of drug-likeness (QED) is 0.174. The lowest BCUT2D eigenvalue weighted by Crippen LogP contribution is -2.01. The Kier molecular flexibility index (Phi) is 8.30. The van der Waals surface area contributed by atoms with Gasteiger partial charge in [0.15, 0.2) is 0 Å². The van der Waals surface area contributed by atoms with Gasteiger partial charge >= 0.3 is 0 Å². The van der Waals surface area contributed by atoms with Crippen LogP contribution in [0, 0.1) is 0 Å². The molecule has 0 spiro atoms. The van der Waals surface area contributed by atoms with Crippen LogP contribution in [0.2, 0.25) is 0 Å². The first kappa shape index (κ1) is 22.8. The number of pyridine rings is 1. The smallest absolute Gasteiger partial charge is 0.127 e. The molecule has 0 bridgehead atoms. The van der Waals surface area contributed by atoms with Gasteiger partial charge in [-0.25, -0.2) is 4.98 Å². The molecule has 0 unspecified atom stereocenters. The first-order valence-electron chi connectivity index (χ1n) is 12.2. The van der Waals surface area contributed by atoms with E-state index in [1.54, 1.807) is 0 Å². The zero-order chi connectivity index (χ0) is 22.7. The van der Waals surface area contributed by atoms with Gasteiger partial charge in [-0.1, -0.05) is 112 Å². The molecule has 0 amide bonds. The summed E-state index contributed by atoms with van der Waals surface area (Å²) in [5.74, 6) is 0.920. The minimum atomic E-state index is 0.743. The third-order valence-corrected chi connectivity index (χ3v) is 5.92. The lowest BCUT2D eigenvalue weighted by atomic mass is 9.97. The number of rotatable bonds is 11. The standard InChI is InChI=1S/C31H33NO/c1-2-3-4-5-6-14-23-33-31-20-13-11-18-27(31)28(24-25-15-8-7-9-16-25)30-22-21-26-17-10-12-19-29(26)32-30/h7-13,15-22,24H,2-6,14,23H2,1H3. The first-order chi connectivity index (χ1) is 16.3. The van der Waals surface area contributed by atoms with E-state index in [1.807, 2.05) is 18.2 Å². The molecule has 3 aromatic carbocycles. The summed E-state index contributed by atoms with van der Waals surface area (Å²) < 4.78 is 6.30. The van der Waals surface area contributed by atoms with Crippen LogP contribution in [0.1, 0.15) is 62.3 Å². The SMILES string of the molecule is CCCCCCCCOc1ccccc1C(=Cc1ccccc1)c1ccc2ccccc2n1. The van der Waals surface area contributed by atoms with Crippen molar-refractivity contribution >= 4 is 22.6 Å². The van der Waals surface area contributed by atoms with Crippen molar-refractivity contribution in [3.05, 3.63) is 108 Å². The largest absolute Gasteiger partial charge is 0.493 e. The summed E-state index contributed by atoms with van der Waals surface area (Å²) in [7, 11) is 0. The number of ether oxygens (including phenoxy) is 1. The van der Waals surface area contributed by atoms with Crippen LogP contribution in [-0.2, 0) is 0 Å². The van der Waals surface area contributed by atoms with Gasteiger partial charge in [-0.05, 0) is 36.3 Å². The van der Waals surface area contributed by atoms with E-state index in [2.05, 4.69) is 85.8 Å². The second-order valence-electron chi connectivity index (χ2n) is 8.47. The highest BCUT2D eigenvalue weighted by molar-refractivity contribution is 5.94. The number of unbranched alkanes of at least 4 members (excludes halogenated alkanes) is 5. The summed E-state index contributed by atoms with van der Waals surface area (Å²) in [6.07, 6.45) is 9.75. The van der Waals surface area contributed by atoms with Gasteiger partial charge in [0.05, 0.1) is 17.8 Å².